The minimum atomic E-state index is -0.213. The number of hydrogen-bond acceptors (Lipinski definition) is 6. The number of hydrogen-bond donors (Lipinski definition) is 1. The molecule has 37 heavy (non-hydrogen) atoms. The number of rotatable bonds is 9. The minimum Gasteiger partial charge on any atom is -0.463 e. The number of ether oxygens (including phenoxy) is 2. The van der Waals surface area contributed by atoms with Gasteiger partial charge in [0.2, 0.25) is 0 Å². The molecule has 1 fully saturated rings. The Labute approximate surface area is 227 Å². The first-order valence-corrected chi connectivity index (χ1v) is 13.8. The summed E-state index contributed by atoms with van der Waals surface area (Å²) in [5.41, 5.74) is 5.77. The van der Waals surface area contributed by atoms with Crippen molar-refractivity contribution in [3.05, 3.63) is 46.7 Å². The molecular formula is C31H55N3O3. The summed E-state index contributed by atoms with van der Waals surface area (Å²) in [6.45, 7) is 28.8. The van der Waals surface area contributed by atoms with E-state index in [4.69, 9.17) is 4.74 Å². The third-order valence-electron chi connectivity index (χ3n) is 5.92. The van der Waals surface area contributed by atoms with Gasteiger partial charge in [0.15, 0.2) is 5.90 Å². The molecule has 1 N–H and O–H groups in total. The minimum absolute atomic E-state index is 0.0255. The van der Waals surface area contributed by atoms with E-state index in [0.717, 1.165) is 31.2 Å². The zero-order valence-electron chi connectivity index (χ0n) is 25.7. The van der Waals surface area contributed by atoms with Crippen molar-refractivity contribution in [3.63, 3.8) is 0 Å². The molecule has 1 saturated heterocycles. The number of carbonyl (C=O) groups excluding carboxylic acids is 1. The SMILES string of the molecule is C=C(OC(C)=NC)C1CCCN1.CC(=O)OC(C)C.CCCN(Cc1cc(C)cc(C)c1C)CC(C)C. The molecule has 1 heterocycles. The Morgan fingerprint density at radius 2 is 1.84 bits per heavy atom. The second-order valence-electron chi connectivity index (χ2n) is 10.6. The van der Waals surface area contributed by atoms with E-state index < -0.39 is 0 Å². The number of esters is 1. The van der Waals surface area contributed by atoms with Crippen LogP contribution in [0, 0.1) is 26.7 Å². The molecular weight excluding hydrogens is 462 g/mol. The van der Waals surface area contributed by atoms with E-state index in [9.17, 15) is 4.79 Å². The topological polar surface area (TPSA) is 63.2 Å². The summed E-state index contributed by atoms with van der Waals surface area (Å²) in [7, 11) is 1.71. The van der Waals surface area contributed by atoms with E-state index in [2.05, 4.69) is 80.2 Å². The fourth-order valence-corrected chi connectivity index (χ4v) is 4.20. The number of nitrogens with zero attached hydrogens (tertiary/aromatic N) is 2. The number of aryl methyl sites for hydroxylation is 2. The monoisotopic (exact) mass is 517 g/mol. The molecule has 2 rings (SSSR count). The van der Waals surface area contributed by atoms with E-state index >= 15 is 0 Å². The highest BCUT2D eigenvalue weighted by atomic mass is 16.5. The second kappa shape index (κ2) is 19.0. The van der Waals surface area contributed by atoms with Gasteiger partial charge in [0.05, 0.1) is 12.1 Å². The maximum atomic E-state index is 10.0. The Hall–Kier alpha value is -2.18. The van der Waals surface area contributed by atoms with Crippen LogP contribution in [0.15, 0.2) is 29.5 Å². The maximum absolute atomic E-state index is 10.0. The van der Waals surface area contributed by atoms with Crippen molar-refractivity contribution in [3.8, 4) is 0 Å². The first-order valence-electron chi connectivity index (χ1n) is 13.8. The van der Waals surface area contributed by atoms with Crippen LogP contribution in [0.4, 0.5) is 0 Å². The lowest BCUT2D eigenvalue weighted by Crippen LogP contribution is -2.28. The Balaban J connectivity index is 0.000000586. The van der Waals surface area contributed by atoms with Gasteiger partial charge in [-0.2, -0.15) is 0 Å². The molecule has 0 aromatic heterocycles. The van der Waals surface area contributed by atoms with Gasteiger partial charge < -0.3 is 14.8 Å². The summed E-state index contributed by atoms with van der Waals surface area (Å²) in [5, 5.41) is 3.31. The van der Waals surface area contributed by atoms with Crippen molar-refractivity contribution >= 4 is 11.9 Å². The predicted octanol–water partition coefficient (Wildman–Crippen LogP) is 6.75. The largest absolute Gasteiger partial charge is 0.463 e. The van der Waals surface area contributed by atoms with E-state index in [1.54, 1.807) is 7.05 Å². The second-order valence-corrected chi connectivity index (χ2v) is 10.6. The normalized spacial score (nSPS) is 15.2. The summed E-state index contributed by atoms with van der Waals surface area (Å²) < 4.78 is 9.99. The van der Waals surface area contributed by atoms with E-state index in [1.165, 1.54) is 55.1 Å². The van der Waals surface area contributed by atoms with Gasteiger partial charge in [-0.1, -0.05) is 45.0 Å². The smallest absolute Gasteiger partial charge is 0.302 e. The van der Waals surface area contributed by atoms with Gasteiger partial charge in [0.1, 0.15) is 5.76 Å². The molecule has 1 aliphatic rings. The number of carbonyl (C=O) groups is 1. The van der Waals surface area contributed by atoms with E-state index in [1.807, 2.05) is 20.8 Å². The molecule has 0 bridgehead atoms. The van der Waals surface area contributed by atoms with E-state index in [-0.39, 0.29) is 12.1 Å². The van der Waals surface area contributed by atoms with Crippen LogP contribution in [0.2, 0.25) is 0 Å². The Bertz CT molecular complexity index is 840. The van der Waals surface area contributed by atoms with Gasteiger partial charge in [0, 0.05) is 34.0 Å². The summed E-state index contributed by atoms with van der Waals surface area (Å²) in [6, 6.07) is 4.96. The van der Waals surface area contributed by atoms with Gasteiger partial charge in [0.25, 0.3) is 0 Å². The maximum Gasteiger partial charge on any atom is 0.302 e. The lowest BCUT2D eigenvalue weighted by Gasteiger charge is -2.25. The van der Waals surface area contributed by atoms with Crippen LogP contribution in [0.1, 0.15) is 90.0 Å². The summed E-state index contributed by atoms with van der Waals surface area (Å²) in [4.78, 5) is 16.5. The third kappa shape index (κ3) is 16.3. The van der Waals surface area contributed by atoms with Crippen molar-refractivity contribution in [1.29, 1.82) is 0 Å². The Morgan fingerprint density at radius 1 is 1.19 bits per heavy atom. The van der Waals surface area contributed by atoms with Crippen molar-refractivity contribution in [2.45, 2.75) is 107 Å². The van der Waals surface area contributed by atoms with Crippen molar-refractivity contribution in [2.24, 2.45) is 10.9 Å². The van der Waals surface area contributed by atoms with Crippen LogP contribution in [-0.4, -0.2) is 55.6 Å². The zero-order chi connectivity index (χ0) is 28.5. The highest BCUT2D eigenvalue weighted by molar-refractivity contribution is 5.74. The van der Waals surface area contributed by atoms with Crippen molar-refractivity contribution < 1.29 is 14.3 Å². The molecule has 6 nitrogen and oxygen atoms in total. The highest BCUT2D eigenvalue weighted by Gasteiger charge is 2.18. The Morgan fingerprint density at radius 3 is 2.27 bits per heavy atom. The standard InChI is InChI=1S/C17H29N.C9H16N2O.C5H10O2/c1-7-8-18(11-13(2)3)12-17-10-14(4)9-15(5)16(17)6;1-7(12-8(2)10-3)9-5-4-6-11-9;1-4(2)7-5(3)6/h9-10,13H,7-8,11-12H2,1-6H3;9,11H,1,4-6H2,2-3H3;4H,1-3H3. The molecule has 1 atom stereocenters. The lowest BCUT2D eigenvalue weighted by molar-refractivity contribution is -0.144. The van der Waals surface area contributed by atoms with Crippen LogP contribution >= 0.6 is 0 Å². The van der Waals surface area contributed by atoms with Crippen molar-refractivity contribution in [1.82, 2.24) is 10.2 Å². The number of nitrogens with one attached hydrogen (secondary N) is 1. The Kier molecular flexibility index (Phi) is 17.9. The van der Waals surface area contributed by atoms with Crippen LogP contribution < -0.4 is 5.32 Å². The van der Waals surface area contributed by atoms with Crippen LogP contribution in [0.25, 0.3) is 0 Å². The first-order chi connectivity index (χ1) is 17.3. The van der Waals surface area contributed by atoms with Gasteiger partial charge >= 0.3 is 5.97 Å². The fourth-order valence-electron chi connectivity index (χ4n) is 4.20. The first kappa shape index (κ1) is 34.8. The molecule has 0 spiro atoms. The third-order valence-corrected chi connectivity index (χ3v) is 5.92. The molecule has 1 unspecified atom stereocenters. The summed E-state index contributed by atoms with van der Waals surface area (Å²) >= 11 is 0. The summed E-state index contributed by atoms with van der Waals surface area (Å²) in [5.74, 6) is 1.99. The molecule has 1 aromatic carbocycles. The van der Waals surface area contributed by atoms with Crippen molar-refractivity contribution in [2.75, 3.05) is 26.7 Å². The van der Waals surface area contributed by atoms with Crippen LogP contribution in [0.5, 0.6) is 0 Å². The van der Waals surface area contributed by atoms with Gasteiger partial charge in [-0.15, -0.1) is 0 Å². The van der Waals surface area contributed by atoms with Gasteiger partial charge in [-0.3, -0.25) is 14.7 Å². The van der Waals surface area contributed by atoms with Gasteiger partial charge in [-0.25, -0.2) is 0 Å². The molecule has 1 aromatic rings. The number of benzene rings is 1. The molecule has 0 radical (unpaired) electrons. The molecule has 0 amide bonds. The summed E-state index contributed by atoms with van der Waals surface area (Å²) in [6.07, 6.45) is 3.58. The average molecular weight is 518 g/mol. The quantitative estimate of drug-likeness (QED) is 0.170. The number of aliphatic imine (C=N–C) groups is 1. The molecule has 0 saturated carbocycles. The molecule has 0 aliphatic carbocycles. The van der Waals surface area contributed by atoms with Gasteiger partial charge in [-0.05, 0) is 89.6 Å². The molecule has 6 heteroatoms. The van der Waals surface area contributed by atoms with Crippen LogP contribution in [-0.2, 0) is 20.8 Å². The molecule has 212 valence electrons. The lowest BCUT2D eigenvalue weighted by atomic mass is 9.99. The van der Waals surface area contributed by atoms with Crippen LogP contribution in [0.3, 0.4) is 0 Å². The van der Waals surface area contributed by atoms with E-state index in [0.29, 0.717) is 11.9 Å². The fraction of sp³-hybridized carbons (Fsp3) is 0.677. The predicted molar refractivity (Wildman–Crippen MR) is 158 cm³/mol. The average Bonchev–Trinajstić information content (AvgIpc) is 3.32. The zero-order valence-corrected chi connectivity index (χ0v) is 25.7. The molecule has 1 aliphatic heterocycles. The highest BCUT2D eigenvalue weighted by Crippen LogP contribution is 2.18.